The highest BCUT2D eigenvalue weighted by Crippen LogP contribution is 2.14. The van der Waals surface area contributed by atoms with Crippen LogP contribution in [0.3, 0.4) is 0 Å². The smallest absolute Gasteiger partial charge is 0.426 e. The molecular formula is C19H29ClF4N4O2. The minimum Gasteiger partial charge on any atom is -0.443 e. The number of benzene rings is 2. The van der Waals surface area contributed by atoms with Crippen LogP contribution in [0.4, 0.5) is 33.7 Å². The quantitative estimate of drug-likeness (QED) is 0.268. The molecule has 11 heteroatoms. The standard InChI is InChI=1S/C11H14F2N2O2.C6H6F2N2.2CH4.ClH/c1-11(2,3)17-10(16)15-14-9-5-4-7(12)6-8(9)13;7-4-1-2-6(10-9)5(8)3-4;;;/h4-6,14H,1-3H3,(H,15,16);1-3,10H,9H2;2*1H4;1H. The largest absolute Gasteiger partial charge is 0.443 e. The first-order valence-corrected chi connectivity index (χ1v) is 7.63. The van der Waals surface area contributed by atoms with Gasteiger partial charge in [-0.2, -0.15) is 0 Å². The van der Waals surface area contributed by atoms with Crippen LogP contribution in [0, 0.1) is 23.3 Å². The molecule has 0 spiro atoms. The zero-order valence-electron chi connectivity index (χ0n) is 15.3. The van der Waals surface area contributed by atoms with E-state index >= 15 is 0 Å². The van der Waals surface area contributed by atoms with Crippen LogP contribution in [-0.4, -0.2) is 11.7 Å². The molecule has 2 aromatic rings. The van der Waals surface area contributed by atoms with Crippen molar-refractivity contribution in [3.8, 4) is 0 Å². The van der Waals surface area contributed by atoms with Gasteiger partial charge in [-0.25, -0.2) is 27.8 Å². The number of hydrogen-bond acceptors (Lipinski definition) is 5. The van der Waals surface area contributed by atoms with E-state index < -0.39 is 35.0 Å². The molecule has 0 radical (unpaired) electrons. The second-order valence-electron chi connectivity index (χ2n) is 6.14. The number of halogens is 5. The topological polar surface area (TPSA) is 88.4 Å². The summed E-state index contributed by atoms with van der Waals surface area (Å²) in [5, 5.41) is 0. The number of ether oxygens (including phenoxy) is 1. The summed E-state index contributed by atoms with van der Waals surface area (Å²) in [6.07, 6.45) is -0.749. The molecule has 0 bridgehead atoms. The molecule has 6 nitrogen and oxygen atoms in total. The molecule has 0 saturated heterocycles. The van der Waals surface area contributed by atoms with Crippen LogP contribution in [0.2, 0.25) is 0 Å². The van der Waals surface area contributed by atoms with E-state index in [1.54, 1.807) is 20.8 Å². The number of carbonyl (C=O) groups is 1. The van der Waals surface area contributed by atoms with Crippen molar-refractivity contribution in [2.45, 2.75) is 41.2 Å². The van der Waals surface area contributed by atoms with Crippen molar-refractivity contribution < 1.29 is 27.1 Å². The molecule has 5 N–H and O–H groups in total. The summed E-state index contributed by atoms with van der Waals surface area (Å²) >= 11 is 0. The van der Waals surface area contributed by atoms with Crippen LogP contribution in [0.15, 0.2) is 36.4 Å². The van der Waals surface area contributed by atoms with Crippen molar-refractivity contribution in [3.63, 3.8) is 0 Å². The first-order valence-electron chi connectivity index (χ1n) is 7.63. The number of nitrogens with one attached hydrogen (secondary N) is 3. The first-order chi connectivity index (χ1) is 12.5. The molecule has 0 aromatic heterocycles. The van der Waals surface area contributed by atoms with Crippen LogP contribution in [-0.2, 0) is 4.74 Å². The number of amides is 1. The maximum atomic E-state index is 13.1. The fraction of sp³-hybridized carbons (Fsp3) is 0.316. The molecule has 0 aliphatic heterocycles. The van der Waals surface area contributed by atoms with Gasteiger partial charge in [-0.05, 0) is 45.0 Å². The average Bonchev–Trinajstić information content (AvgIpc) is 2.53. The van der Waals surface area contributed by atoms with Crippen molar-refractivity contribution in [2.75, 3.05) is 10.9 Å². The van der Waals surface area contributed by atoms with Gasteiger partial charge in [0.15, 0.2) is 11.6 Å². The fourth-order valence-electron chi connectivity index (χ4n) is 1.62. The number of carbonyl (C=O) groups excluding carboxylic acids is 1. The second-order valence-corrected chi connectivity index (χ2v) is 6.14. The first kappa shape index (κ1) is 32.0. The van der Waals surface area contributed by atoms with Crippen LogP contribution in [0.25, 0.3) is 0 Å². The van der Waals surface area contributed by atoms with Crippen LogP contribution in [0.5, 0.6) is 0 Å². The van der Waals surface area contributed by atoms with Crippen molar-refractivity contribution in [2.24, 2.45) is 5.84 Å². The fourth-order valence-corrected chi connectivity index (χ4v) is 1.62. The lowest BCUT2D eigenvalue weighted by atomic mass is 10.2. The number of anilines is 2. The van der Waals surface area contributed by atoms with Crippen molar-refractivity contribution >= 4 is 29.9 Å². The molecule has 0 aliphatic rings. The summed E-state index contributed by atoms with van der Waals surface area (Å²) in [5.41, 5.74) is 5.91. The van der Waals surface area contributed by atoms with E-state index in [0.29, 0.717) is 6.07 Å². The third-order valence-electron chi connectivity index (χ3n) is 2.72. The molecule has 0 atom stereocenters. The molecule has 2 aromatic carbocycles. The Morgan fingerprint density at radius 2 is 1.33 bits per heavy atom. The van der Waals surface area contributed by atoms with Crippen molar-refractivity contribution in [1.82, 2.24) is 5.43 Å². The average molecular weight is 457 g/mol. The highest BCUT2D eigenvalue weighted by Gasteiger charge is 2.16. The molecule has 1 amide bonds. The number of nitrogens with two attached hydrogens (primary N) is 1. The maximum Gasteiger partial charge on any atom is 0.426 e. The second kappa shape index (κ2) is 14.3. The highest BCUT2D eigenvalue weighted by atomic mass is 35.5. The lowest BCUT2D eigenvalue weighted by Gasteiger charge is -2.20. The van der Waals surface area contributed by atoms with E-state index in [2.05, 4.69) is 16.3 Å². The molecule has 0 unspecified atom stereocenters. The van der Waals surface area contributed by atoms with Crippen molar-refractivity contribution in [1.29, 1.82) is 0 Å². The normalized spacial score (nSPS) is 9.33. The summed E-state index contributed by atoms with van der Waals surface area (Å²) in [6, 6.07) is 6.06. The SMILES string of the molecule is C.C.CC(C)(C)OC(=O)NNc1ccc(F)cc1F.Cl.NNc1ccc(F)cc1F. The number of rotatable bonds is 3. The summed E-state index contributed by atoms with van der Waals surface area (Å²) in [6.45, 7) is 5.10. The lowest BCUT2D eigenvalue weighted by molar-refractivity contribution is 0.0541. The third kappa shape index (κ3) is 12.0. The Balaban J connectivity index is -0.000000488. The van der Waals surface area contributed by atoms with Gasteiger partial charge >= 0.3 is 6.09 Å². The van der Waals surface area contributed by atoms with Crippen LogP contribution >= 0.6 is 12.4 Å². The van der Waals surface area contributed by atoms with Gasteiger partial charge in [-0.15, -0.1) is 12.4 Å². The molecule has 172 valence electrons. The molecular weight excluding hydrogens is 428 g/mol. The Labute approximate surface area is 180 Å². The minimum absolute atomic E-state index is 0. The third-order valence-corrected chi connectivity index (χ3v) is 2.72. The highest BCUT2D eigenvalue weighted by molar-refractivity contribution is 5.85. The molecule has 30 heavy (non-hydrogen) atoms. The van der Waals surface area contributed by atoms with E-state index in [-0.39, 0.29) is 38.6 Å². The number of hydrazine groups is 2. The van der Waals surface area contributed by atoms with Crippen molar-refractivity contribution in [3.05, 3.63) is 59.7 Å². The minimum atomic E-state index is -0.805. The Morgan fingerprint density at radius 3 is 1.70 bits per heavy atom. The van der Waals surface area contributed by atoms with E-state index in [9.17, 15) is 22.4 Å². The van der Waals surface area contributed by atoms with Gasteiger partial charge in [0.25, 0.3) is 0 Å². The lowest BCUT2D eigenvalue weighted by Crippen LogP contribution is -2.36. The predicted molar refractivity (Wildman–Crippen MR) is 114 cm³/mol. The van der Waals surface area contributed by atoms with E-state index in [0.717, 1.165) is 18.2 Å². The van der Waals surface area contributed by atoms with Crippen LogP contribution in [0.1, 0.15) is 35.6 Å². The number of hydrogen-bond donors (Lipinski definition) is 4. The molecule has 2 rings (SSSR count). The van der Waals surface area contributed by atoms with Gasteiger partial charge in [0.1, 0.15) is 17.2 Å². The Kier molecular flexibility index (Phi) is 15.2. The molecule has 0 heterocycles. The molecule has 0 aliphatic carbocycles. The van der Waals surface area contributed by atoms with Gasteiger partial charge in [-0.1, -0.05) is 14.9 Å². The summed E-state index contributed by atoms with van der Waals surface area (Å²) in [7, 11) is 0. The monoisotopic (exact) mass is 456 g/mol. The molecule has 0 saturated carbocycles. The zero-order chi connectivity index (χ0) is 20.6. The number of nitrogen functional groups attached to an aromatic ring is 1. The summed E-state index contributed by atoms with van der Waals surface area (Å²) < 4.78 is 55.3. The van der Waals surface area contributed by atoms with Gasteiger partial charge in [-0.3, -0.25) is 11.3 Å². The Morgan fingerprint density at radius 1 is 0.900 bits per heavy atom. The Hall–Kier alpha value is -2.72. The maximum absolute atomic E-state index is 13.1. The summed E-state index contributed by atoms with van der Waals surface area (Å²) in [4.78, 5) is 11.2. The van der Waals surface area contributed by atoms with Crippen LogP contribution < -0.4 is 22.1 Å². The summed E-state index contributed by atoms with van der Waals surface area (Å²) in [5.74, 6) is 2.09. The van der Waals surface area contributed by atoms with Gasteiger partial charge in [0.2, 0.25) is 0 Å². The van der Waals surface area contributed by atoms with Gasteiger partial charge in [0, 0.05) is 12.1 Å². The van der Waals surface area contributed by atoms with E-state index in [4.69, 9.17) is 10.6 Å². The Bertz CT molecular complexity index is 790. The van der Waals surface area contributed by atoms with Gasteiger partial charge < -0.3 is 10.2 Å². The molecule has 0 fully saturated rings. The van der Waals surface area contributed by atoms with E-state index in [1.807, 2.05) is 0 Å². The predicted octanol–water partition coefficient (Wildman–Crippen LogP) is 5.76. The van der Waals surface area contributed by atoms with E-state index in [1.165, 1.54) is 12.1 Å². The van der Waals surface area contributed by atoms with Gasteiger partial charge in [0.05, 0.1) is 11.4 Å². The zero-order valence-corrected chi connectivity index (χ0v) is 16.1.